The van der Waals surface area contributed by atoms with Gasteiger partial charge in [0.15, 0.2) is 0 Å². The van der Waals surface area contributed by atoms with E-state index in [4.69, 9.17) is 4.74 Å². The Morgan fingerprint density at radius 2 is 2.00 bits per heavy atom. The number of rotatable bonds is 1. The van der Waals surface area contributed by atoms with Crippen LogP contribution < -0.4 is 0 Å². The van der Waals surface area contributed by atoms with E-state index in [2.05, 4.69) is 25.8 Å². The van der Waals surface area contributed by atoms with Crippen LogP contribution in [0.3, 0.4) is 0 Å². The molecule has 2 aliphatic carbocycles. The second kappa shape index (κ2) is 2.81. The first kappa shape index (κ1) is 10.6. The van der Waals surface area contributed by atoms with Gasteiger partial charge in [-0.15, -0.1) is 0 Å². The van der Waals surface area contributed by atoms with Gasteiger partial charge < -0.3 is 4.74 Å². The molecule has 3 unspecified atom stereocenters. The summed E-state index contributed by atoms with van der Waals surface area (Å²) in [4.78, 5) is 14.5. The molecule has 2 aliphatic heterocycles. The minimum absolute atomic E-state index is 0.0185. The fraction of sp³-hybridized carbons (Fsp3) is 0.923. The average Bonchev–Trinajstić information content (AvgIpc) is 2.75. The highest BCUT2D eigenvalue weighted by atomic mass is 16.5. The van der Waals surface area contributed by atoms with E-state index < -0.39 is 0 Å². The molecule has 3 nitrogen and oxygen atoms in total. The monoisotopic (exact) mass is 223 g/mol. The van der Waals surface area contributed by atoms with E-state index in [9.17, 15) is 4.79 Å². The lowest BCUT2D eigenvalue weighted by Gasteiger charge is -2.42. The zero-order valence-electron chi connectivity index (χ0n) is 10.6. The number of nitrogens with zero attached hydrogens (tertiary/aromatic N) is 1. The molecule has 90 valence electrons. The second-order valence-corrected chi connectivity index (χ2v) is 6.37. The van der Waals surface area contributed by atoms with Gasteiger partial charge in [0.2, 0.25) is 0 Å². The van der Waals surface area contributed by atoms with Crippen molar-refractivity contribution in [3.05, 3.63) is 0 Å². The van der Waals surface area contributed by atoms with E-state index in [0.717, 1.165) is 6.42 Å². The van der Waals surface area contributed by atoms with E-state index in [1.807, 2.05) is 0 Å². The van der Waals surface area contributed by atoms with Gasteiger partial charge >= 0.3 is 5.97 Å². The highest BCUT2D eigenvalue weighted by Gasteiger charge is 2.74. The number of ether oxygens (including phenoxy) is 1. The van der Waals surface area contributed by atoms with Crippen LogP contribution in [0.4, 0.5) is 0 Å². The van der Waals surface area contributed by atoms with Crippen molar-refractivity contribution in [1.82, 2.24) is 4.90 Å². The smallest absolute Gasteiger partial charge is 0.309 e. The minimum atomic E-state index is 0.0185. The lowest BCUT2D eigenvalue weighted by atomic mass is 9.68. The van der Waals surface area contributed by atoms with Crippen molar-refractivity contribution in [2.45, 2.75) is 44.7 Å². The molecule has 0 amide bonds. The lowest BCUT2D eigenvalue weighted by molar-refractivity contribution is -0.151. The topological polar surface area (TPSA) is 29.5 Å². The van der Waals surface area contributed by atoms with Gasteiger partial charge in [0, 0.05) is 17.0 Å². The number of hydrogen-bond acceptors (Lipinski definition) is 3. The molecule has 0 N–H and O–H groups in total. The maximum absolute atomic E-state index is 12.0. The number of carbonyl (C=O) groups excluding carboxylic acids is 1. The summed E-state index contributed by atoms with van der Waals surface area (Å²) in [6.45, 7) is 4.58. The van der Waals surface area contributed by atoms with Gasteiger partial charge in [-0.05, 0) is 39.2 Å². The predicted molar refractivity (Wildman–Crippen MR) is 60.9 cm³/mol. The summed E-state index contributed by atoms with van der Waals surface area (Å²) < 4.78 is 5.03. The molecular formula is C13H21NO2. The standard InChI is InChI=1S/C13H21NO2/c1-12-7-13(12,2)14(3)9-5-8(6-9)10(12)11(15)16-4/h8-10H,5-7H2,1-4H3. The number of esters is 1. The van der Waals surface area contributed by atoms with Crippen molar-refractivity contribution in [2.75, 3.05) is 14.2 Å². The van der Waals surface area contributed by atoms with Crippen molar-refractivity contribution < 1.29 is 9.53 Å². The Morgan fingerprint density at radius 1 is 1.38 bits per heavy atom. The van der Waals surface area contributed by atoms with Gasteiger partial charge in [-0.25, -0.2) is 0 Å². The van der Waals surface area contributed by atoms with E-state index in [1.54, 1.807) is 0 Å². The fourth-order valence-electron chi connectivity index (χ4n) is 4.36. The molecular weight excluding hydrogens is 202 g/mol. The minimum Gasteiger partial charge on any atom is -0.469 e. The Labute approximate surface area is 97.1 Å². The largest absolute Gasteiger partial charge is 0.469 e. The van der Waals surface area contributed by atoms with E-state index in [0.29, 0.717) is 12.0 Å². The van der Waals surface area contributed by atoms with E-state index in [1.165, 1.54) is 20.0 Å². The third kappa shape index (κ3) is 0.963. The molecule has 16 heavy (non-hydrogen) atoms. The van der Waals surface area contributed by atoms with E-state index >= 15 is 0 Å². The van der Waals surface area contributed by atoms with E-state index in [-0.39, 0.29) is 22.8 Å². The summed E-state index contributed by atoms with van der Waals surface area (Å²) in [6.07, 6.45) is 3.51. The summed E-state index contributed by atoms with van der Waals surface area (Å²) in [5.41, 5.74) is 0.368. The zero-order valence-corrected chi connectivity index (χ0v) is 10.6. The van der Waals surface area contributed by atoms with Crippen LogP contribution in [-0.4, -0.2) is 36.6 Å². The van der Waals surface area contributed by atoms with Crippen LogP contribution in [0.5, 0.6) is 0 Å². The van der Waals surface area contributed by atoms with Gasteiger partial charge in [-0.3, -0.25) is 9.69 Å². The third-order valence-electron chi connectivity index (χ3n) is 5.91. The Balaban J connectivity index is 1.98. The summed E-state index contributed by atoms with van der Waals surface area (Å²) in [5.74, 6) is 0.711. The molecule has 3 heteroatoms. The number of hydrogen-bond donors (Lipinski definition) is 0. The van der Waals surface area contributed by atoms with Gasteiger partial charge in [0.25, 0.3) is 0 Å². The quantitative estimate of drug-likeness (QED) is 0.633. The van der Waals surface area contributed by atoms with Crippen molar-refractivity contribution in [3.8, 4) is 0 Å². The van der Waals surface area contributed by atoms with Crippen molar-refractivity contribution in [3.63, 3.8) is 0 Å². The molecule has 0 aromatic heterocycles. The molecule has 2 bridgehead atoms. The van der Waals surface area contributed by atoms with Crippen LogP contribution in [0.15, 0.2) is 0 Å². The molecule has 0 aromatic rings. The Hall–Kier alpha value is -0.570. The highest BCUT2D eigenvalue weighted by molar-refractivity contribution is 5.75. The summed E-state index contributed by atoms with van der Waals surface area (Å²) in [5, 5.41) is 0. The van der Waals surface area contributed by atoms with Gasteiger partial charge in [0.05, 0.1) is 13.0 Å². The molecule has 0 aromatic carbocycles. The molecule has 2 heterocycles. The Kier molecular flexibility index (Phi) is 1.86. The number of methoxy groups -OCH3 is 1. The maximum atomic E-state index is 12.0. The van der Waals surface area contributed by atoms with Crippen molar-refractivity contribution in [1.29, 1.82) is 0 Å². The Morgan fingerprint density at radius 3 is 2.56 bits per heavy atom. The molecule has 0 radical (unpaired) electrons. The third-order valence-corrected chi connectivity index (χ3v) is 5.91. The van der Waals surface area contributed by atoms with Crippen LogP contribution in [0.2, 0.25) is 0 Å². The predicted octanol–water partition coefficient (Wildman–Crippen LogP) is 1.67. The molecule has 0 spiro atoms. The summed E-state index contributed by atoms with van der Waals surface area (Å²) >= 11 is 0. The van der Waals surface area contributed by atoms with Gasteiger partial charge in [-0.1, -0.05) is 6.92 Å². The summed E-state index contributed by atoms with van der Waals surface area (Å²) in [6, 6.07) is 0.700. The number of carbonyl (C=O) groups is 1. The van der Waals surface area contributed by atoms with Gasteiger partial charge in [-0.2, -0.15) is 0 Å². The van der Waals surface area contributed by atoms with Crippen LogP contribution in [0, 0.1) is 17.3 Å². The van der Waals surface area contributed by atoms with Crippen molar-refractivity contribution in [2.24, 2.45) is 17.3 Å². The Bertz CT molecular complexity index is 350. The average molecular weight is 223 g/mol. The first-order valence-corrected chi connectivity index (χ1v) is 6.25. The summed E-state index contributed by atoms with van der Waals surface area (Å²) in [7, 11) is 3.75. The molecule has 4 rings (SSSR count). The van der Waals surface area contributed by atoms with Crippen LogP contribution in [0.1, 0.15) is 33.1 Å². The zero-order chi connectivity index (χ0) is 11.7. The molecule has 2 saturated carbocycles. The lowest BCUT2D eigenvalue weighted by Crippen LogP contribution is -2.46. The molecule has 4 aliphatic rings. The highest BCUT2D eigenvalue weighted by Crippen LogP contribution is 2.70. The van der Waals surface area contributed by atoms with Crippen LogP contribution in [0.25, 0.3) is 0 Å². The SMILES string of the molecule is COC(=O)C1C2CC(C2)N(C)C2(C)CC12C. The normalized spacial score (nSPS) is 54.6. The van der Waals surface area contributed by atoms with Crippen LogP contribution >= 0.6 is 0 Å². The first-order chi connectivity index (χ1) is 7.44. The maximum Gasteiger partial charge on any atom is 0.309 e. The second-order valence-electron chi connectivity index (χ2n) is 6.37. The first-order valence-electron chi connectivity index (χ1n) is 6.25. The van der Waals surface area contributed by atoms with Gasteiger partial charge in [0.1, 0.15) is 0 Å². The fourth-order valence-corrected chi connectivity index (χ4v) is 4.36. The molecule has 3 atom stereocenters. The molecule has 2 saturated heterocycles. The van der Waals surface area contributed by atoms with Crippen molar-refractivity contribution >= 4 is 5.97 Å². The molecule has 4 fully saturated rings. The van der Waals surface area contributed by atoms with Crippen LogP contribution in [-0.2, 0) is 9.53 Å².